The minimum atomic E-state index is -4.77. The van der Waals surface area contributed by atoms with Gasteiger partial charge in [-0.05, 0) is 17.7 Å². The predicted octanol–water partition coefficient (Wildman–Crippen LogP) is -2.81. The van der Waals surface area contributed by atoms with Gasteiger partial charge in [-0.15, -0.1) is 0 Å². The van der Waals surface area contributed by atoms with Gasteiger partial charge in [0.1, 0.15) is 10.1 Å². The van der Waals surface area contributed by atoms with Gasteiger partial charge in [-0.1, -0.05) is 12.1 Å². The van der Waals surface area contributed by atoms with Gasteiger partial charge in [0.2, 0.25) is 5.91 Å². The van der Waals surface area contributed by atoms with Crippen molar-refractivity contribution in [2.45, 2.75) is 12.4 Å². The maximum Gasteiger partial charge on any atom is 1.00 e. The number of aliphatic hydroxyl groups excluding tert-OH is 1. The molecule has 1 amide bonds. The van der Waals surface area contributed by atoms with E-state index in [9.17, 15) is 17.8 Å². The number of amides is 1. The van der Waals surface area contributed by atoms with E-state index in [0.29, 0.717) is 5.69 Å². The molecule has 0 saturated heterocycles. The van der Waals surface area contributed by atoms with Crippen molar-refractivity contribution in [3.8, 4) is 0 Å². The summed E-state index contributed by atoms with van der Waals surface area (Å²) >= 11 is 0. The molecule has 1 unspecified atom stereocenters. The fourth-order valence-electron chi connectivity index (χ4n) is 1.10. The molecule has 88 valence electrons. The fourth-order valence-corrected chi connectivity index (χ4v) is 1.59. The van der Waals surface area contributed by atoms with Crippen molar-refractivity contribution >= 4 is 21.7 Å². The summed E-state index contributed by atoms with van der Waals surface area (Å²) in [5.41, 5.74) is -1.67. The van der Waals surface area contributed by atoms with Crippen LogP contribution in [-0.2, 0) is 14.9 Å². The molecule has 8 heteroatoms. The Morgan fingerprint density at radius 3 is 2.18 bits per heavy atom. The van der Waals surface area contributed by atoms with E-state index in [2.05, 4.69) is 5.32 Å². The SMILES string of the molecule is CC(=O)Nc1ccc(C(O)S(=O)(=O)[O-])cc1.[Na+]. The van der Waals surface area contributed by atoms with Gasteiger partial charge in [-0.25, -0.2) is 8.42 Å². The van der Waals surface area contributed by atoms with Crippen LogP contribution in [0.1, 0.15) is 17.9 Å². The van der Waals surface area contributed by atoms with Crippen LogP contribution in [0.15, 0.2) is 24.3 Å². The number of carbonyl (C=O) groups is 1. The summed E-state index contributed by atoms with van der Waals surface area (Å²) in [5, 5.41) is 11.6. The molecule has 0 saturated carbocycles. The maximum atomic E-state index is 10.7. The van der Waals surface area contributed by atoms with Crippen LogP contribution in [-0.4, -0.2) is 24.0 Å². The van der Waals surface area contributed by atoms with Crippen LogP contribution in [0.4, 0.5) is 5.69 Å². The van der Waals surface area contributed by atoms with E-state index in [1.165, 1.54) is 31.2 Å². The Labute approximate surface area is 121 Å². The van der Waals surface area contributed by atoms with E-state index in [1.807, 2.05) is 0 Å². The molecule has 0 heterocycles. The molecule has 0 spiro atoms. The number of hydrogen-bond acceptors (Lipinski definition) is 5. The average Bonchev–Trinajstić information content (AvgIpc) is 2.15. The molecule has 0 aliphatic rings. The van der Waals surface area contributed by atoms with Gasteiger partial charge < -0.3 is 15.0 Å². The van der Waals surface area contributed by atoms with Crippen molar-refractivity contribution in [1.29, 1.82) is 0 Å². The van der Waals surface area contributed by atoms with Crippen LogP contribution in [0.25, 0.3) is 0 Å². The Bertz CT molecular complexity index is 485. The number of aliphatic hydroxyl groups is 1. The monoisotopic (exact) mass is 267 g/mol. The third-order valence-corrected chi connectivity index (χ3v) is 2.61. The van der Waals surface area contributed by atoms with Crippen molar-refractivity contribution in [2.75, 3.05) is 5.32 Å². The molecule has 17 heavy (non-hydrogen) atoms. The Hall–Kier alpha value is -0.440. The second kappa shape index (κ2) is 6.48. The molecule has 0 fully saturated rings. The standard InChI is InChI=1S/C9H11NO5S.Na/c1-6(11)10-8-4-2-7(3-5-8)9(12)16(13,14)15;/h2-5,9,12H,1H3,(H,10,11)(H,13,14,15);/q;+1/p-1. The Morgan fingerprint density at radius 2 is 1.82 bits per heavy atom. The van der Waals surface area contributed by atoms with Gasteiger partial charge >= 0.3 is 29.6 Å². The van der Waals surface area contributed by atoms with Crippen LogP contribution in [0.3, 0.4) is 0 Å². The summed E-state index contributed by atoms with van der Waals surface area (Å²) in [7, 11) is -4.77. The predicted molar refractivity (Wildman–Crippen MR) is 55.4 cm³/mol. The number of carbonyl (C=O) groups excluding carboxylic acids is 1. The molecule has 1 aromatic rings. The van der Waals surface area contributed by atoms with E-state index in [-0.39, 0.29) is 41.0 Å². The van der Waals surface area contributed by atoms with Gasteiger partial charge in [-0.2, -0.15) is 0 Å². The molecule has 0 aliphatic heterocycles. The first-order valence-electron chi connectivity index (χ1n) is 4.31. The topological polar surface area (TPSA) is 107 Å². The minimum absolute atomic E-state index is 0. The molecule has 0 radical (unpaired) electrons. The number of anilines is 1. The average molecular weight is 267 g/mol. The van der Waals surface area contributed by atoms with Crippen LogP contribution in [0.2, 0.25) is 0 Å². The molecule has 0 aromatic heterocycles. The molecular weight excluding hydrogens is 257 g/mol. The normalized spacial score (nSPS) is 12.4. The summed E-state index contributed by atoms with van der Waals surface area (Å²) in [6.45, 7) is 1.32. The molecule has 1 atom stereocenters. The third kappa shape index (κ3) is 5.15. The van der Waals surface area contributed by atoms with Gasteiger partial charge in [0.25, 0.3) is 0 Å². The van der Waals surface area contributed by atoms with E-state index >= 15 is 0 Å². The minimum Gasteiger partial charge on any atom is -0.746 e. The molecule has 6 nitrogen and oxygen atoms in total. The number of rotatable bonds is 3. The maximum absolute atomic E-state index is 10.7. The van der Waals surface area contributed by atoms with Gasteiger partial charge in [-0.3, -0.25) is 4.79 Å². The van der Waals surface area contributed by atoms with Crippen molar-refractivity contribution < 1.29 is 52.4 Å². The van der Waals surface area contributed by atoms with E-state index in [0.717, 1.165) is 0 Å². The molecule has 0 bridgehead atoms. The number of nitrogens with one attached hydrogen (secondary N) is 1. The first-order valence-corrected chi connectivity index (χ1v) is 5.78. The molecule has 0 aliphatic carbocycles. The van der Waals surface area contributed by atoms with Gasteiger partial charge in [0.15, 0.2) is 5.44 Å². The summed E-state index contributed by atoms with van der Waals surface area (Å²) in [6, 6.07) is 5.30. The zero-order valence-electron chi connectivity index (χ0n) is 9.38. The first-order chi connectivity index (χ1) is 7.30. The molecule has 1 aromatic carbocycles. The van der Waals surface area contributed by atoms with Gasteiger partial charge in [0.05, 0.1) is 0 Å². The van der Waals surface area contributed by atoms with Crippen molar-refractivity contribution in [2.24, 2.45) is 0 Å². The Balaban J connectivity index is 0.00000256. The summed E-state index contributed by atoms with van der Waals surface area (Å²) in [5.74, 6) is -0.273. The van der Waals surface area contributed by atoms with Crippen LogP contribution >= 0.6 is 0 Å². The second-order valence-electron chi connectivity index (χ2n) is 3.15. The van der Waals surface area contributed by atoms with Gasteiger partial charge in [0, 0.05) is 12.6 Å². The quantitative estimate of drug-likeness (QED) is 0.454. The van der Waals surface area contributed by atoms with Crippen LogP contribution < -0.4 is 34.9 Å². The zero-order valence-corrected chi connectivity index (χ0v) is 12.2. The third-order valence-electron chi connectivity index (χ3n) is 1.79. The largest absolute Gasteiger partial charge is 1.00 e. The first kappa shape index (κ1) is 16.6. The van der Waals surface area contributed by atoms with Crippen molar-refractivity contribution in [1.82, 2.24) is 0 Å². The number of hydrogen-bond donors (Lipinski definition) is 2. The van der Waals surface area contributed by atoms with E-state index in [4.69, 9.17) is 5.11 Å². The smallest absolute Gasteiger partial charge is 0.746 e. The molecule has 1 rings (SSSR count). The van der Waals surface area contributed by atoms with Crippen molar-refractivity contribution in [3.05, 3.63) is 29.8 Å². The summed E-state index contributed by atoms with van der Waals surface area (Å²) < 4.78 is 31.6. The molecular formula is C9H10NNaO5S. The number of benzene rings is 1. The van der Waals surface area contributed by atoms with E-state index < -0.39 is 15.6 Å². The summed E-state index contributed by atoms with van der Waals surface area (Å²) in [4.78, 5) is 10.7. The zero-order chi connectivity index (χ0) is 12.3. The fraction of sp³-hybridized carbons (Fsp3) is 0.222. The Morgan fingerprint density at radius 1 is 1.35 bits per heavy atom. The summed E-state index contributed by atoms with van der Waals surface area (Å²) in [6.07, 6.45) is 0. The second-order valence-corrected chi connectivity index (χ2v) is 4.58. The van der Waals surface area contributed by atoms with Crippen molar-refractivity contribution in [3.63, 3.8) is 0 Å². The van der Waals surface area contributed by atoms with Crippen LogP contribution in [0.5, 0.6) is 0 Å². The molecule has 2 N–H and O–H groups in total. The Kier molecular flexibility index (Phi) is 6.31. The van der Waals surface area contributed by atoms with Crippen LogP contribution in [0, 0.1) is 0 Å². The van der Waals surface area contributed by atoms with E-state index in [1.54, 1.807) is 0 Å².